The van der Waals surface area contributed by atoms with Gasteiger partial charge in [-0.25, -0.2) is 0 Å². The number of methoxy groups -OCH3 is 1. The number of Topliss-reactive ketones (excluding diaryl/α,β-unsaturated/α-hetero) is 1. The van der Waals surface area contributed by atoms with Gasteiger partial charge in [-0.3, -0.25) is 4.79 Å². The summed E-state index contributed by atoms with van der Waals surface area (Å²) in [5.74, 6) is 0.198. The minimum Gasteiger partial charge on any atom is -0.378 e. The minimum atomic E-state index is -0.188. The van der Waals surface area contributed by atoms with E-state index in [1.54, 1.807) is 7.11 Å². The van der Waals surface area contributed by atoms with Gasteiger partial charge in [0.15, 0.2) is 5.78 Å². The van der Waals surface area contributed by atoms with Gasteiger partial charge >= 0.3 is 0 Å². The highest BCUT2D eigenvalue weighted by Gasteiger charge is 2.35. The Bertz CT molecular complexity index is 350. The summed E-state index contributed by atoms with van der Waals surface area (Å²) in [4.78, 5) is 12.1. The van der Waals surface area contributed by atoms with E-state index < -0.39 is 0 Å². The van der Waals surface area contributed by atoms with Crippen molar-refractivity contribution < 1.29 is 9.53 Å². The van der Waals surface area contributed by atoms with Crippen LogP contribution in [0.4, 0.5) is 0 Å². The third-order valence-electron chi connectivity index (χ3n) is 3.53. The molecular formula is C14H18O2. The van der Waals surface area contributed by atoms with Gasteiger partial charge in [-0.15, -0.1) is 0 Å². The average Bonchev–Trinajstić information content (AvgIpc) is 2.79. The van der Waals surface area contributed by atoms with E-state index in [4.69, 9.17) is 4.74 Å². The molecule has 1 aromatic rings. The molecule has 0 aliphatic heterocycles. The molecule has 0 aromatic heterocycles. The van der Waals surface area contributed by atoms with Crippen LogP contribution in [-0.4, -0.2) is 18.5 Å². The fourth-order valence-electron chi connectivity index (χ4n) is 2.49. The zero-order chi connectivity index (χ0) is 11.4. The van der Waals surface area contributed by atoms with Crippen LogP contribution in [-0.2, 0) is 4.74 Å². The molecule has 1 aliphatic rings. The van der Waals surface area contributed by atoms with Crippen LogP contribution in [0.2, 0.25) is 0 Å². The van der Waals surface area contributed by atoms with Gasteiger partial charge < -0.3 is 4.74 Å². The number of benzene rings is 1. The highest BCUT2D eigenvalue weighted by atomic mass is 16.5. The first-order valence-electron chi connectivity index (χ1n) is 5.89. The Morgan fingerprint density at radius 2 is 1.88 bits per heavy atom. The summed E-state index contributed by atoms with van der Waals surface area (Å²) in [5.41, 5.74) is 0.609. The van der Waals surface area contributed by atoms with Crippen LogP contribution in [0.15, 0.2) is 30.3 Å². The van der Waals surface area contributed by atoms with Gasteiger partial charge in [-0.1, -0.05) is 43.2 Å². The molecule has 0 amide bonds. The third-order valence-corrected chi connectivity index (χ3v) is 3.53. The van der Waals surface area contributed by atoms with E-state index in [1.165, 1.54) is 12.8 Å². The van der Waals surface area contributed by atoms with Gasteiger partial charge in [0.25, 0.3) is 0 Å². The normalized spacial score (nSPS) is 18.6. The molecule has 1 saturated carbocycles. The summed E-state index contributed by atoms with van der Waals surface area (Å²) in [7, 11) is 1.73. The maximum Gasteiger partial charge on any atom is 0.165 e. The Hall–Kier alpha value is -1.15. The number of carbonyl (C=O) groups is 1. The van der Waals surface area contributed by atoms with Crippen LogP contribution in [0.3, 0.4) is 0 Å². The number of hydrogen-bond acceptors (Lipinski definition) is 2. The lowest BCUT2D eigenvalue weighted by Gasteiger charge is -2.26. The van der Waals surface area contributed by atoms with Gasteiger partial charge in [0.05, 0.1) is 5.60 Å². The fourth-order valence-corrected chi connectivity index (χ4v) is 2.49. The number of ketones is 1. The summed E-state index contributed by atoms with van der Waals surface area (Å²) in [6.45, 7) is 0. The van der Waals surface area contributed by atoms with Crippen LogP contribution in [0.25, 0.3) is 0 Å². The van der Waals surface area contributed by atoms with Crippen LogP contribution in [0, 0.1) is 0 Å². The van der Waals surface area contributed by atoms with E-state index in [9.17, 15) is 4.79 Å². The number of hydrogen-bond donors (Lipinski definition) is 0. The highest BCUT2D eigenvalue weighted by Crippen LogP contribution is 2.36. The molecule has 0 N–H and O–H groups in total. The van der Waals surface area contributed by atoms with Crippen molar-refractivity contribution in [2.24, 2.45) is 0 Å². The maximum absolute atomic E-state index is 12.1. The monoisotopic (exact) mass is 218 g/mol. The quantitative estimate of drug-likeness (QED) is 0.725. The molecule has 0 spiro atoms. The lowest BCUT2D eigenvalue weighted by Crippen LogP contribution is -2.30. The molecule has 0 bridgehead atoms. The molecule has 2 rings (SSSR count). The summed E-state index contributed by atoms with van der Waals surface area (Å²) in [6, 6.07) is 9.49. The van der Waals surface area contributed by atoms with E-state index in [0.717, 1.165) is 18.4 Å². The molecule has 0 heterocycles. The van der Waals surface area contributed by atoms with Crippen LogP contribution in [0.5, 0.6) is 0 Å². The van der Waals surface area contributed by atoms with Crippen molar-refractivity contribution in [1.29, 1.82) is 0 Å². The first-order chi connectivity index (χ1) is 7.76. The topological polar surface area (TPSA) is 26.3 Å². The molecule has 1 fully saturated rings. The Morgan fingerprint density at radius 1 is 1.25 bits per heavy atom. The molecule has 0 saturated heterocycles. The van der Waals surface area contributed by atoms with Crippen molar-refractivity contribution >= 4 is 5.78 Å². The largest absolute Gasteiger partial charge is 0.378 e. The standard InChI is InChI=1S/C14H18O2/c1-16-14(9-5-6-10-14)11-13(15)12-7-3-2-4-8-12/h2-4,7-8H,5-6,9-11H2,1H3. The van der Waals surface area contributed by atoms with E-state index >= 15 is 0 Å². The number of rotatable bonds is 4. The molecular weight excluding hydrogens is 200 g/mol. The lowest BCUT2D eigenvalue weighted by molar-refractivity contribution is -0.00696. The van der Waals surface area contributed by atoms with Gasteiger partial charge in [-0.2, -0.15) is 0 Å². The van der Waals surface area contributed by atoms with Crippen LogP contribution in [0.1, 0.15) is 42.5 Å². The van der Waals surface area contributed by atoms with Crippen LogP contribution >= 0.6 is 0 Å². The number of ether oxygens (including phenoxy) is 1. The maximum atomic E-state index is 12.1. The smallest absolute Gasteiger partial charge is 0.165 e. The average molecular weight is 218 g/mol. The predicted octanol–water partition coefficient (Wildman–Crippen LogP) is 3.22. The molecule has 16 heavy (non-hydrogen) atoms. The zero-order valence-electron chi connectivity index (χ0n) is 9.74. The first-order valence-corrected chi connectivity index (χ1v) is 5.89. The van der Waals surface area contributed by atoms with Gasteiger partial charge in [0.2, 0.25) is 0 Å². The minimum absolute atomic E-state index is 0.188. The summed E-state index contributed by atoms with van der Waals surface area (Å²) in [6.07, 6.45) is 4.91. The molecule has 0 atom stereocenters. The van der Waals surface area contributed by atoms with Crippen molar-refractivity contribution in [3.63, 3.8) is 0 Å². The van der Waals surface area contributed by atoms with Gasteiger partial charge in [0, 0.05) is 19.1 Å². The van der Waals surface area contributed by atoms with Crippen LogP contribution < -0.4 is 0 Å². The lowest BCUT2D eigenvalue weighted by atomic mass is 9.92. The van der Waals surface area contributed by atoms with Crippen molar-refractivity contribution in [3.05, 3.63) is 35.9 Å². The molecule has 2 nitrogen and oxygen atoms in total. The van der Waals surface area contributed by atoms with Crippen molar-refractivity contribution in [3.8, 4) is 0 Å². The summed E-state index contributed by atoms with van der Waals surface area (Å²) in [5, 5.41) is 0. The van der Waals surface area contributed by atoms with E-state index in [-0.39, 0.29) is 11.4 Å². The predicted molar refractivity (Wildman–Crippen MR) is 63.6 cm³/mol. The zero-order valence-corrected chi connectivity index (χ0v) is 9.74. The summed E-state index contributed by atoms with van der Waals surface area (Å²) < 4.78 is 5.57. The van der Waals surface area contributed by atoms with Crippen molar-refractivity contribution in [2.45, 2.75) is 37.7 Å². The Kier molecular flexibility index (Phi) is 3.39. The van der Waals surface area contributed by atoms with E-state index in [2.05, 4.69) is 0 Å². The van der Waals surface area contributed by atoms with E-state index in [1.807, 2.05) is 30.3 Å². The van der Waals surface area contributed by atoms with Crippen molar-refractivity contribution in [1.82, 2.24) is 0 Å². The number of carbonyl (C=O) groups excluding carboxylic acids is 1. The molecule has 2 heteroatoms. The molecule has 0 unspecified atom stereocenters. The van der Waals surface area contributed by atoms with Gasteiger partial charge in [0.1, 0.15) is 0 Å². The third kappa shape index (κ3) is 2.33. The fraction of sp³-hybridized carbons (Fsp3) is 0.500. The molecule has 1 aromatic carbocycles. The molecule has 0 radical (unpaired) electrons. The second kappa shape index (κ2) is 4.79. The van der Waals surface area contributed by atoms with Crippen molar-refractivity contribution in [2.75, 3.05) is 7.11 Å². The Morgan fingerprint density at radius 3 is 2.44 bits per heavy atom. The molecule has 1 aliphatic carbocycles. The Balaban J connectivity index is 2.07. The molecule has 86 valence electrons. The SMILES string of the molecule is COC1(CC(=O)c2ccccc2)CCCC1. The second-order valence-corrected chi connectivity index (χ2v) is 4.56. The van der Waals surface area contributed by atoms with Gasteiger partial charge in [-0.05, 0) is 12.8 Å². The van der Waals surface area contributed by atoms with E-state index in [0.29, 0.717) is 6.42 Å². The second-order valence-electron chi connectivity index (χ2n) is 4.56. The highest BCUT2D eigenvalue weighted by molar-refractivity contribution is 5.96. The summed E-state index contributed by atoms with van der Waals surface area (Å²) >= 11 is 0. The Labute approximate surface area is 96.6 Å². The first kappa shape index (κ1) is 11.3.